The van der Waals surface area contributed by atoms with Gasteiger partial charge in [0.25, 0.3) is 0 Å². The second kappa shape index (κ2) is 7.14. The smallest absolute Gasteiger partial charge is 0.234 e. The molecule has 2 aromatic carbocycles. The molecule has 1 amide bonds. The summed E-state index contributed by atoms with van der Waals surface area (Å²) in [4.78, 5) is 13.5. The van der Waals surface area contributed by atoms with Crippen molar-refractivity contribution in [2.75, 3.05) is 11.1 Å². The monoisotopic (exact) mass is 338 g/mol. The predicted molar refractivity (Wildman–Crippen MR) is 103 cm³/mol. The number of amides is 1. The molecule has 3 rings (SSSR count). The van der Waals surface area contributed by atoms with Gasteiger partial charge < -0.3 is 9.88 Å². The van der Waals surface area contributed by atoms with Crippen LogP contribution in [0.5, 0.6) is 0 Å². The lowest BCUT2D eigenvalue weighted by Gasteiger charge is -2.09. The van der Waals surface area contributed by atoms with Crippen molar-refractivity contribution in [1.29, 1.82) is 0 Å². The van der Waals surface area contributed by atoms with Crippen LogP contribution in [0, 0.1) is 13.8 Å². The molecule has 1 heterocycles. The molecule has 0 unspecified atom stereocenters. The first-order valence-corrected chi connectivity index (χ1v) is 9.15. The number of carbonyl (C=O) groups excluding carboxylic acids is 1. The lowest BCUT2D eigenvalue weighted by atomic mass is 10.1. The van der Waals surface area contributed by atoms with Crippen LogP contribution in [0.2, 0.25) is 0 Å². The number of fused-ring (bicyclic) bond motifs is 1. The molecule has 1 N–H and O–H groups in total. The first-order valence-electron chi connectivity index (χ1n) is 8.16. The number of rotatable bonds is 5. The Kier molecular flexibility index (Phi) is 4.95. The molecule has 124 valence electrons. The lowest BCUT2D eigenvalue weighted by molar-refractivity contribution is -0.113. The molecule has 0 radical (unpaired) electrons. The average molecular weight is 338 g/mol. The zero-order valence-electron chi connectivity index (χ0n) is 14.3. The van der Waals surface area contributed by atoms with Crippen molar-refractivity contribution in [3.05, 3.63) is 59.8 Å². The van der Waals surface area contributed by atoms with Crippen LogP contribution in [-0.2, 0) is 11.3 Å². The van der Waals surface area contributed by atoms with Gasteiger partial charge in [0.15, 0.2) is 0 Å². The van der Waals surface area contributed by atoms with Crippen molar-refractivity contribution < 1.29 is 4.79 Å². The standard InChI is InChI=1S/C20H22N2OS/c1-4-22-12-19(16-7-5-6-8-18(16)22)24-13-20(23)21-17-11-14(2)9-10-15(17)3/h5-12H,4,13H2,1-3H3,(H,21,23). The van der Waals surface area contributed by atoms with Gasteiger partial charge in [0.1, 0.15) is 0 Å². The summed E-state index contributed by atoms with van der Waals surface area (Å²) < 4.78 is 2.22. The van der Waals surface area contributed by atoms with Gasteiger partial charge in [0.2, 0.25) is 5.91 Å². The van der Waals surface area contributed by atoms with Crippen molar-refractivity contribution in [2.24, 2.45) is 0 Å². The average Bonchev–Trinajstić information content (AvgIpc) is 2.94. The number of nitrogens with one attached hydrogen (secondary N) is 1. The van der Waals surface area contributed by atoms with Crippen LogP contribution in [0.4, 0.5) is 5.69 Å². The topological polar surface area (TPSA) is 34.0 Å². The second-order valence-corrected chi connectivity index (χ2v) is 6.97. The van der Waals surface area contributed by atoms with Crippen LogP contribution in [0.15, 0.2) is 53.6 Å². The Morgan fingerprint density at radius 2 is 1.96 bits per heavy atom. The Morgan fingerprint density at radius 1 is 1.17 bits per heavy atom. The summed E-state index contributed by atoms with van der Waals surface area (Å²) in [5.41, 5.74) is 4.35. The van der Waals surface area contributed by atoms with E-state index in [1.54, 1.807) is 11.8 Å². The van der Waals surface area contributed by atoms with Gasteiger partial charge in [-0.25, -0.2) is 0 Å². The molecule has 0 aliphatic heterocycles. The van der Waals surface area contributed by atoms with Crippen LogP contribution in [-0.4, -0.2) is 16.2 Å². The molecule has 0 spiro atoms. The van der Waals surface area contributed by atoms with Gasteiger partial charge in [-0.3, -0.25) is 4.79 Å². The molecule has 24 heavy (non-hydrogen) atoms. The third kappa shape index (κ3) is 3.49. The highest BCUT2D eigenvalue weighted by atomic mass is 32.2. The minimum Gasteiger partial charge on any atom is -0.347 e. The van der Waals surface area contributed by atoms with Crippen LogP contribution in [0.25, 0.3) is 10.9 Å². The highest BCUT2D eigenvalue weighted by Gasteiger charge is 2.11. The van der Waals surface area contributed by atoms with Crippen molar-refractivity contribution >= 4 is 34.3 Å². The van der Waals surface area contributed by atoms with E-state index in [1.165, 1.54) is 10.9 Å². The Labute approximate surface area is 147 Å². The summed E-state index contributed by atoms with van der Waals surface area (Å²) in [7, 11) is 0. The van der Waals surface area contributed by atoms with E-state index >= 15 is 0 Å². The summed E-state index contributed by atoms with van der Waals surface area (Å²) in [6, 6.07) is 14.4. The lowest BCUT2D eigenvalue weighted by Crippen LogP contribution is -2.14. The number of hydrogen-bond acceptors (Lipinski definition) is 2. The molecule has 0 fully saturated rings. The molecule has 0 aliphatic rings. The van der Waals surface area contributed by atoms with E-state index in [1.807, 2.05) is 32.0 Å². The first-order chi connectivity index (χ1) is 11.6. The van der Waals surface area contributed by atoms with Crippen molar-refractivity contribution in [1.82, 2.24) is 4.57 Å². The molecule has 3 aromatic rings. The fraction of sp³-hybridized carbons (Fsp3) is 0.250. The number of para-hydroxylation sites is 1. The predicted octanol–water partition coefficient (Wildman–Crippen LogP) is 5.01. The molecule has 0 atom stereocenters. The number of aromatic nitrogens is 1. The van der Waals surface area contributed by atoms with E-state index < -0.39 is 0 Å². The van der Waals surface area contributed by atoms with Crippen molar-refractivity contribution in [3.63, 3.8) is 0 Å². The van der Waals surface area contributed by atoms with E-state index in [4.69, 9.17) is 0 Å². The molecule has 3 nitrogen and oxygen atoms in total. The zero-order valence-corrected chi connectivity index (χ0v) is 15.1. The SMILES string of the molecule is CCn1cc(SCC(=O)Nc2cc(C)ccc2C)c2ccccc21. The zero-order chi connectivity index (χ0) is 17.1. The summed E-state index contributed by atoms with van der Waals surface area (Å²) in [5, 5.41) is 4.24. The number of aryl methyl sites for hydroxylation is 3. The van der Waals surface area contributed by atoms with Crippen LogP contribution >= 0.6 is 11.8 Å². The number of carbonyl (C=O) groups is 1. The van der Waals surface area contributed by atoms with Crippen molar-refractivity contribution in [2.45, 2.75) is 32.2 Å². The van der Waals surface area contributed by atoms with E-state index in [-0.39, 0.29) is 5.91 Å². The summed E-state index contributed by atoms with van der Waals surface area (Å²) in [6.45, 7) is 7.10. The second-order valence-electron chi connectivity index (χ2n) is 5.95. The summed E-state index contributed by atoms with van der Waals surface area (Å²) >= 11 is 1.59. The fourth-order valence-corrected chi connectivity index (χ4v) is 3.68. The number of thioether (sulfide) groups is 1. The van der Waals surface area contributed by atoms with Crippen molar-refractivity contribution in [3.8, 4) is 0 Å². The quantitative estimate of drug-likeness (QED) is 0.664. The number of benzene rings is 2. The van der Waals surface area contributed by atoms with Gasteiger partial charge in [-0.1, -0.05) is 30.3 Å². The number of nitrogens with zero attached hydrogens (tertiary/aromatic N) is 1. The molecule has 4 heteroatoms. The van der Waals surface area contributed by atoms with Gasteiger partial charge in [-0.05, 0) is 44.0 Å². The molecule has 0 aliphatic carbocycles. The van der Waals surface area contributed by atoms with Gasteiger partial charge in [0, 0.05) is 34.2 Å². The Morgan fingerprint density at radius 3 is 2.75 bits per heavy atom. The maximum Gasteiger partial charge on any atom is 0.234 e. The molecule has 0 bridgehead atoms. The molecular formula is C20H22N2OS. The Bertz CT molecular complexity index is 882. The van der Waals surface area contributed by atoms with Gasteiger partial charge >= 0.3 is 0 Å². The number of hydrogen-bond donors (Lipinski definition) is 1. The molecule has 0 saturated carbocycles. The minimum absolute atomic E-state index is 0.0297. The molecular weight excluding hydrogens is 316 g/mol. The van der Waals surface area contributed by atoms with E-state index in [2.05, 4.69) is 47.3 Å². The highest BCUT2D eigenvalue weighted by Crippen LogP contribution is 2.30. The van der Waals surface area contributed by atoms with Crippen LogP contribution in [0.3, 0.4) is 0 Å². The van der Waals surface area contributed by atoms with E-state index in [0.29, 0.717) is 5.75 Å². The maximum absolute atomic E-state index is 12.3. The first kappa shape index (κ1) is 16.7. The van der Waals surface area contributed by atoms with E-state index in [0.717, 1.165) is 28.3 Å². The fourth-order valence-electron chi connectivity index (χ4n) is 2.79. The maximum atomic E-state index is 12.3. The van der Waals surface area contributed by atoms with Crippen LogP contribution < -0.4 is 5.32 Å². The highest BCUT2D eigenvalue weighted by molar-refractivity contribution is 8.00. The van der Waals surface area contributed by atoms with Gasteiger partial charge in [0.05, 0.1) is 5.75 Å². The van der Waals surface area contributed by atoms with Gasteiger partial charge in [-0.2, -0.15) is 0 Å². The third-order valence-electron chi connectivity index (χ3n) is 4.12. The molecule has 1 aromatic heterocycles. The van der Waals surface area contributed by atoms with Gasteiger partial charge in [-0.15, -0.1) is 11.8 Å². The Hall–Kier alpha value is -2.20. The number of anilines is 1. The largest absolute Gasteiger partial charge is 0.347 e. The minimum atomic E-state index is 0.0297. The third-order valence-corrected chi connectivity index (χ3v) is 5.16. The summed E-state index contributed by atoms with van der Waals surface area (Å²) in [6.07, 6.45) is 2.14. The summed E-state index contributed by atoms with van der Waals surface area (Å²) in [5.74, 6) is 0.437. The normalized spacial score (nSPS) is 11.0. The van der Waals surface area contributed by atoms with Crippen LogP contribution in [0.1, 0.15) is 18.1 Å². The van der Waals surface area contributed by atoms with E-state index in [9.17, 15) is 4.79 Å². The Balaban J connectivity index is 1.72. The molecule has 0 saturated heterocycles.